The topological polar surface area (TPSA) is 60.9 Å². The second-order valence-electron chi connectivity index (χ2n) is 6.87. The highest BCUT2D eigenvalue weighted by molar-refractivity contribution is 7.20. The largest absolute Gasteiger partial charge is 0.497 e. The Kier molecular flexibility index (Phi) is 6.51. The maximum atomic E-state index is 12.5. The summed E-state index contributed by atoms with van der Waals surface area (Å²) in [7, 11) is 1.63. The molecular formula is C21H20Cl2N2O4S. The highest BCUT2D eigenvalue weighted by atomic mass is 35.5. The van der Waals surface area contributed by atoms with Crippen molar-refractivity contribution in [2.24, 2.45) is 0 Å². The first kappa shape index (κ1) is 21.0. The van der Waals surface area contributed by atoms with Gasteiger partial charge in [-0.05, 0) is 30.3 Å². The number of ether oxygens (including phenoxy) is 3. The van der Waals surface area contributed by atoms with E-state index in [1.165, 1.54) is 11.3 Å². The maximum Gasteiger partial charge on any atom is 0.274 e. The molecule has 9 heteroatoms. The van der Waals surface area contributed by atoms with Gasteiger partial charge in [-0.15, -0.1) is 0 Å². The van der Waals surface area contributed by atoms with E-state index in [9.17, 15) is 4.79 Å². The number of carbonyl (C=O) groups is 1. The van der Waals surface area contributed by atoms with Crippen molar-refractivity contribution in [3.8, 4) is 16.7 Å². The minimum Gasteiger partial charge on any atom is -0.497 e. The van der Waals surface area contributed by atoms with Gasteiger partial charge in [-0.25, -0.2) is 4.98 Å². The molecule has 1 amide bonds. The van der Waals surface area contributed by atoms with Gasteiger partial charge in [-0.2, -0.15) is 0 Å². The number of methoxy groups -OCH3 is 1. The van der Waals surface area contributed by atoms with Gasteiger partial charge in [0.15, 0.2) is 6.61 Å². The van der Waals surface area contributed by atoms with Gasteiger partial charge in [0.05, 0.1) is 22.3 Å². The maximum absolute atomic E-state index is 12.5. The number of benzene rings is 2. The molecule has 1 saturated heterocycles. The lowest BCUT2D eigenvalue weighted by Gasteiger charge is -2.31. The standard InChI is InChI=1S/C21H20Cl2N2O4S/c1-27-15-3-5-19-17(11-15)24-21(30-19)29-14-6-8-25(9-7-14)20(26)12-28-18-4-2-13(22)10-16(18)23/h2-5,10-11,14H,6-9,12H2,1H3. The van der Waals surface area contributed by atoms with E-state index in [0.29, 0.717) is 34.1 Å². The Morgan fingerprint density at radius 3 is 2.73 bits per heavy atom. The minimum atomic E-state index is -0.0773. The molecule has 0 spiro atoms. The van der Waals surface area contributed by atoms with Crippen LogP contribution >= 0.6 is 34.5 Å². The first-order valence-electron chi connectivity index (χ1n) is 9.48. The number of fused-ring (bicyclic) bond motifs is 1. The van der Waals surface area contributed by atoms with Gasteiger partial charge < -0.3 is 19.1 Å². The molecule has 0 saturated carbocycles. The molecule has 1 fully saturated rings. The van der Waals surface area contributed by atoms with Crippen LogP contribution in [0.5, 0.6) is 16.7 Å². The quantitative estimate of drug-likeness (QED) is 0.507. The number of thiazole rings is 1. The van der Waals surface area contributed by atoms with Gasteiger partial charge in [-0.1, -0.05) is 34.5 Å². The molecule has 30 heavy (non-hydrogen) atoms. The highest BCUT2D eigenvalue weighted by Gasteiger charge is 2.25. The summed E-state index contributed by atoms with van der Waals surface area (Å²) in [5.74, 6) is 1.14. The number of rotatable bonds is 6. The average Bonchev–Trinajstić information content (AvgIpc) is 3.14. The van der Waals surface area contributed by atoms with E-state index in [1.54, 1.807) is 30.2 Å². The zero-order chi connectivity index (χ0) is 21.1. The van der Waals surface area contributed by atoms with Crippen molar-refractivity contribution >= 4 is 50.7 Å². The third kappa shape index (κ3) is 4.91. The predicted octanol–water partition coefficient (Wildman–Crippen LogP) is 5.06. The fourth-order valence-electron chi connectivity index (χ4n) is 3.25. The van der Waals surface area contributed by atoms with Gasteiger partial charge in [0.1, 0.15) is 17.6 Å². The highest BCUT2D eigenvalue weighted by Crippen LogP contribution is 2.32. The van der Waals surface area contributed by atoms with E-state index in [0.717, 1.165) is 28.8 Å². The van der Waals surface area contributed by atoms with Crippen molar-refractivity contribution < 1.29 is 19.0 Å². The van der Waals surface area contributed by atoms with Gasteiger partial charge in [0.25, 0.3) is 11.1 Å². The van der Waals surface area contributed by atoms with Crippen molar-refractivity contribution in [3.63, 3.8) is 0 Å². The number of piperidine rings is 1. The first-order valence-corrected chi connectivity index (χ1v) is 11.1. The van der Waals surface area contributed by atoms with Crippen LogP contribution in [0.3, 0.4) is 0 Å². The van der Waals surface area contributed by atoms with Crippen LogP contribution in [0.4, 0.5) is 0 Å². The summed E-state index contributed by atoms with van der Waals surface area (Å²) in [4.78, 5) is 18.8. The fourth-order valence-corrected chi connectivity index (χ4v) is 4.58. The number of aromatic nitrogens is 1. The van der Waals surface area contributed by atoms with Crippen LogP contribution in [0.2, 0.25) is 10.0 Å². The van der Waals surface area contributed by atoms with Crippen molar-refractivity contribution in [1.29, 1.82) is 0 Å². The average molecular weight is 467 g/mol. The van der Waals surface area contributed by atoms with E-state index in [2.05, 4.69) is 4.98 Å². The van der Waals surface area contributed by atoms with Gasteiger partial charge in [0.2, 0.25) is 0 Å². The Morgan fingerprint density at radius 1 is 1.20 bits per heavy atom. The molecular weight excluding hydrogens is 447 g/mol. The van der Waals surface area contributed by atoms with Crippen LogP contribution in [-0.4, -0.2) is 48.7 Å². The molecule has 0 unspecified atom stereocenters. The molecule has 4 rings (SSSR count). The van der Waals surface area contributed by atoms with Gasteiger partial charge in [-0.3, -0.25) is 4.79 Å². The predicted molar refractivity (Wildman–Crippen MR) is 118 cm³/mol. The molecule has 6 nitrogen and oxygen atoms in total. The molecule has 0 atom stereocenters. The molecule has 3 aromatic rings. The van der Waals surface area contributed by atoms with Crippen molar-refractivity contribution in [1.82, 2.24) is 9.88 Å². The van der Waals surface area contributed by atoms with Crippen LogP contribution in [0.1, 0.15) is 12.8 Å². The normalized spacial score (nSPS) is 14.7. The van der Waals surface area contributed by atoms with Crippen LogP contribution in [0.25, 0.3) is 10.2 Å². The molecule has 1 aliphatic rings. The Bertz CT molecular complexity index is 1050. The zero-order valence-corrected chi connectivity index (χ0v) is 18.6. The van der Waals surface area contributed by atoms with Gasteiger partial charge >= 0.3 is 0 Å². The molecule has 1 aliphatic heterocycles. The lowest BCUT2D eigenvalue weighted by molar-refractivity contribution is -0.135. The second kappa shape index (κ2) is 9.29. The number of amides is 1. The van der Waals surface area contributed by atoms with Crippen molar-refractivity contribution in [3.05, 3.63) is 46.4 Å². The Balaban J connectivity index is 1.27. The van der Waals surface area contributed by atoms with Crippen LogP contribution in [-0.2, 0) is 4.79 Å². The Hall–Kier alpha value is -2.22. The summed E-state index contributed by atoms with van der Waals surface area (Å²) >= 11 is 13.5. The van der Waals surface area contributed by atoms with Crippen molar-refractivity contribution in [2.75, 3.05) is 26.8 Å². The molecule has 2 heterocycles. The molecule has 1 aromatic heterocycles. The molecule has 0 aliphatic carbocycles. The third-order valence-corrected chi connectivity index (χ3v) is 6.34. The van der Waals surface area contributed by atoms with Gasteiger partial charge in [0, 0.05) is 37.0 Å². The number of likely N-dealkylation sites (tertiary alicyclic amines) is 1. The summed E-state index contributed by atoms with van der Waals surface area (Å²) in [6.45, 7) is 1.16. The first-order chi connectivity index (χ1) is 14.5. The number of nitrogens with zero attached hydrogens (tertiary/aromatic N) is 2. The second-order valence-corrected chi connectivity index (χ2v) is 8.71. The van der Waals surface area contributed by atoms with E-state index in [-0.39, 0.29) is 18.6 Å². The molecule has 158 valence electrons. The van der Waals surface area contributed by atoms with Crippen molar-refractivity contribution in [2.45, 2.75) is 18.9 Å². The summed E-state index contributed by atoms with van der Waals surface area (Å²) in [5.41, 5.74) is 0.861. The van der Waals surface area contributed by atoms with Crippen LogP contribution in [0.15, 0.2) is 36.4 Å². The smallest absolute Gasteiger partial charge is 0.274 e. The lowest BCUT2D eigenvalue weighted by Crippen LogP contribution is -2.43. The Morgan fingerprint density at radius 2 is 2.00 bits per heavy atom. The van der Waals surface area contributed by atoms with E-state index < -0.39 is 0 Å². The summed E-state index contributed by atoms with van der Waals surface area (Å²) < 4.78 is 17.9. The number of hydrogen-bond donors (Lipinski definition) is 0. The minimum absolute atomic E-state index is 0.0307. The summed E-state index contributed by atoms with van der Waals surface area (Å²) in [6.07, 6.45) is 1.52. The van der Waals surface area contributed by atoms with Crippen LogP contribution < -0.4 is 14.2 Å². The number of halogens is 2. The molecule has 0 bridgehead atoms. The van der Waals surface area contributed by atoms with Crippen LogP contribution in [0, 0.1) is 0 Å². The van der Waals surface area contributed by atoms with E-state index in [4.69, 9.17) is 37.4 Å². The Labute approximate surface area is 188 Å². The fraction of sp³-hybridized carbons (Fsp3) is 0.333. The summed E-state index contributed by atoms with van der Waals surface area (Å²) in [5, 5.41) is 1.55. The number of carbonyl (C=O) groups excluding carboxylic acids is 1. The lowest BCUT2D eigenvalue weighted by atomic mass is 10.1. The molecule has 0 N–H and O–H groups in total. The SMILES string of the molecule is COc1ccc2sc(OC3CCN(C(=O)COc4ccc(Cl)cc4Cl)CC3)nc2c1. The van der Waals surface area contributed by atoms with E-state index >= 15 is 0 Å². The zero-order valence-electron chi connectivity index (χ0n) is 16.3. The summed E-state index contributed by atoms with van der Waals surface area (Å²) in [6, 6.07) is 10.7. The molecule has 0 radical (unpaired) electrons. The third-order valence-electron chi connectivity index (χ3n) is 4.88. The molecule has 2 aromatic carbocycles. The van der Waals surface area contributed by atoms with E-state index in [1.807, 2.05) is 18.2 Å². The monoisotopic (exact) mass is 466 g/mol. The number of hydrogen-bond acceptors (Lipinski definition) is 6.